The molecule has 1 heterocycles. The molecule has 1 saturated heterocycles. The summed E-state index contributed by atoms with van der Waals surface area (Å²) in [5, 5.41) is 25.6. The molecule has 0 atom stereocenters. The summed E-state index contributed by atoms with van der Waals surface area (Å²) in [6.07, 6.45) is 2.87. The summed E-state index contributed by atoms with van der Waals surface area (Å²) < 4.78 is 0.235. The van der Waals surface area contributed by atoms with E-state index in [1.165, 1.54) is 18.3 Å². The smallest absolute Gasteiger partial charge is 0.286 e. The molecule has 1 N–H and O–H groups in total. The van der Waals surface area contributed by atoms with Crippen LogP contribution in [-0.2, 0) is 4.79 Å². The summed E-state index contributed by atoms with van der Waals surface area (Å²) in [6.45, 7) is 0. The number of nitrogens with zero attached hydrogens (tertiary/aromatic N) is 3. The molecule has 0 unspecified atom stereocenters. The van der Waals surface area contributed by atoms with Crippen LogP contribution in [0.3, 0.4) is 0 Å². The molecule has 1 amide bonds. The summed E-state index contributed by atoms with van der Waals surface area (Å²) in [4.78, 5) is 23.1. The van der Waals surface area contributed by atoms with Gasteiger partial charge in [-0.05, 0) is 29.9 Å². The van der Waals surface area contributed by atoms with Crippen LogP contribution in [0.5, 0.6) is 5.75 Å². The number of rotatable bonds is 4. The van der Waals surface area contributed by atoms with E-state index in [1.807, 2.05) is 30.3 Å². The Hall–Kier alpha value is -3.04. The highest BCUT2D eigenvalue weighted by Crippen LogP contribution is 2.33. The van der Waals surface area contributed by atoms with E-state index in [0.717, 1.165) is 28.4 Å². The average Bonchev–Trinajstić information content (AvgIpc) is 2.88. The Morgan fingerprint density at radius 3 is 2.65 bits per heavy atom. The average molecular weight is 385 g/mol. The minimum absolute atomic E-state index is 0.111. The number of non-ortho nitro benzene ring substituents is 1. The molecule has 0 radical (unpaired) electrons. The van der Waals surface area contributed by atoms with E-state index in [4.69, 9.17) is 12.2 Å². The number of phenols is 1. The third-order valence-corrected chi connectivity index (χ3v) is 4.69. The number of carbonyl (C=O) groups excluding carboxylic acids is 1. The van der Waals surface area contributed by atoms with E-state index in [1.54, 1.807) is 6.08 Å². The first kappa shape index (κ1) is 17.8. The number of nitro groups is 1. The quantitative estimate of drug-likeness (QED) is 0.284. The second-order valence-electron chi connectivity index (χ2n) is 5.15. The second kappa shape index (κ2) is 7.46. The summed E-state index contributed by atoms with van der Waals surface area (Å²) in [7, 11) is 0. The molecular formula is C17H11N3O4S2. The van der Waals surface area contributed by atoms with Gasteiger partial charge in [0.15, 0.2) is 4.32 Å². The first-order chi connectivity index (χ1) is 12.5. The van der Waals surface area contributed by atoms with Crippen LogP contribution < -0.4 is 0 Å². The number of carbonyl (C=O) groups is 1. The third-order valence-electron chi connectivity index (χ3n) is 3.40. The molecule has 9 heteroatoms. The van der Waals surface area contributed by atoms with E-state index in [2.05, 4.69) is 5.10 Å². The van der Waals surface area contributed by atoms with Crippen LogP contribution in [0.25, 0.3) is 6.08 Å². The number of thioether (sulfide) groups is 1. The monoisotopic (exact) mass is 385 g/mol. The van der Waals surface area contributed by atoms with Gasteiger partial charge in [0.05, 0.1) is 16.0 Å². The summed E-state index contributed by atoms with van der Waals surface area (Å²) in [6, 6.07) is 12.8. The minimum atomic E-state index is -0.584. The largest absolute Gasteiger partial charge is 0.507 e. The lowest BCUT2D eigenvalue weighted by Gasteiger charge is -2.06. The number of nitro benzene ring substituents is 1. The maximum Gasteiger partial charge on any atom is 0.286 e. The fraction of sp³-hybridized carbons (Fsp3) is 0. The predicted octanol–water partition coefficient (Wildman–Crippen LogP) is 3.54. The number of amides is 1. The SMILES string of the molecule is O=C1C(=Cc2ccccc2)SC(=S)N1N=Cc1cc([N+](=O)[O-])ccc1O. The van der Waals surface area contributed by atoms with Crippen LogP contribution in [0.15, 0.2) is 58.5 Å². The summed E-state index contributed by atoms with van der Waals surface area (Å²) in [5.74, 6) is -0.588. The number of hydrogen-bond acceptors (Lipinski definition) is 7. The lowest BCUT2D eigenvalue weighted by molar-refractivity contribution is -0.384. The molecule has 3 rings (SSSR count). The molecule has 26 heavy (non-hydrogen) atoms. The van der Waals surface area contributed by atoms with Gasteiger partial charge >= 0.3 is 0 Å². The van der Waals surface area contributed by atoms with Crippen molar-refractivity contribution < 1.29 is 14.8 Å². The van der Waals surface area contributed by atoms with Crippen LogP contribution in [0.4, 0.5) is 5.69 Å². The van der Waals surface area contributed by atoms with Crippen molar-refractivity contribution in [3.8, 4) is 5.75 Å². The lowest BCUT2D eigenvalue weighted by Crippen LogP contribution is -2.22. The minimum Gasteiger partial charge on any atom is -0.507 e. The van der Waals surface area contributed by atoms with Crippen molar-refractivity contribution in [2.24, 2.45) is 5.10 Å². The van der Waals surface area contributed by atoms with Gasteiger partial charge in [0, 0.05) is 17.7 Å². The summed E-state index contributed by atoms with van der Waals surface area (Å²) in [5.41, 5.74) is 0.771. The van der Waals surface area contributed by atoms with Crippen LogP contribution in [-0.4, -0.2) is 31.5 Å². The van der Waals surface area contributed by atoms with Crippen molar-refractivity contribution in [2.75, 3.05) is 0 Å². The molecule has 0 aromatic heterocycles. The van der Waals surface area contributed by atoms with Gasteiger partial charge in [-0.25, -0.2) is 0 Å². The zero-order chi connectivity index (χ0) is 18.7. The van der Waals surface area contributed by atoms with Crippen molar-refractivity contribution in [1.29, 1.82) is 0 Å². The van der Waals surface area contributed by atoms with Gasteiger partial charge < -0.3 is 5.11 Å². The molecule has 1 aliphatic rings. The van der Waals surface area contributed by atoms with E-state index in [9.17, 15) is 20.0 Å². The molecule has 2 aromatic carbocycles. The van der Waals surface area contributed by atoms with Gasteiger partial charge in [-0.15, -0.1) is 0 Å². The Morgan fingerprint density at radius 2 is 1.96 bits per heavy atom. The Morgan fingerprint density at radius 1 is 1.23 bits per heavy atom. The molecule has 130 valence electrons. The van der Waals surface area contributed by atoms with Crippen LogP contribution in [0, 0.1) is 10.1 Å². The first-order valence-corrected chi connectivity index (χ1v) is 8.52. The van der Waals surface area contributed by atoms with Gasteiger partial charge in [0.25, 0.3) is 11.6 Å². The number of aromatic hydroxyl groups is 1. The van der Waals surface area contributed by atoms with Crippen molar-refractivity contribution in [3.63, 3.8) is 0 Å². The fourth-order valence-corrected chi connectivity index (χ4v) is 3.31. The molecule has 0 saturated carbocycles. The Kier molecular flexibility index (Phi) is 5.10. The standard InChI is InChI=1S/C17H11N3O4S2/c21-14-7-6-13(20(23)24)9-12(14)10-18-19-16(22)15(26-17(19)25)8-11-4-2-1-3-5-11/h1-10,21H. The number of benzene rings is 2. The van der Waals surface area contributed by atoms with Crippen molar-refractivity contribution >= 4 is 52.2 Å². The molecule has 2 aromatic rings. The Balaban J connectivity index is 1.84. The van der Waals surface area contributed by atoms with Crippen molar-refractivity contribution in [1.82, 2.24) is 5.01 Å². The summed E-state index contributed by atoms with van der Waals surface area (Å²) >= 11 is 6.28. The highest BCUT2D eigenvalue weighted by Gasteiger charge is 2.32. The highest BCUT2D eigenvalue weighted by atomic mass is 32.2. The van der Waals surface area contributed by atoms with Gasteiger partial charge in [-0.2, -0.15) is 10.1 Å². The molecule has 0 spiro atoms. The van der Waals surface area contributed by atoms with Gasteiger partial charge in [0.2, 0.25) is 0 Å². The number of thiocarbonyl (C=S) groups is 1. The second-order valence-corrected chi connectivity index (χ2v) is 6.82. The lowest BCUT2D eigenvalue weighted by atomic mass is 10.2. The van der Waals surface area contributed by atoms with Crippen LogP contribution >= 0.6 is 24.0 Å². The fourth-order valence-electron chi connectivity index (χ4n) is 2.14. The van der Waals surface area contributed by atoms with Gasteiger partial charge in [-0.1, -0.05) is 42.1 Å². The van der Waals surface area contributed by atoms with E-state index in [0.29, 0.717) is 4.91 Å². The number of hydrazone groups is 1. The molecule has 1 fully saturated rings. The normalized spacial score (nSPS) is 16.0. The first-order valence-electron chi connectivity index (χ1n) is 7.30. The maximum absolute atomic E-state index is 12.5. The molecule has 1 aliphatic heterocycles. The van der Waals surface area contributed by atoms with Crippen LogP contribution in [0.2, 0.25) is 0 Å². The highest BCUT2D eigenvalue weighted by molar-refractivity contribution is 8.26. The Labute approximate surface area is 157 Å². The zero-order valence-corrected chi connectivity index (χ0v) is 14.7. The number of hydrogen-bond donors (Lipinski definition) is 1. The molecule has 0 bridgehead atoms. The Bertz CT molecular complexity index is 958. The van der Waals surface area contributed by atoms with Gasteiger partial charge in [0.1, 0.15) is 5.75 Å². The van der Waals surface area contributed by atoms with E-state index < -0.39 is 10.8 Å². The van der Waals surface area contributed by atoms with Gasteiger partial charge in [-0.3, -0.25) is 14.9 Å². The van der Waals surface area contributed by atoms with E-state index >= 15 is 0 Å². The maximum atomic E-state index is 12.5. The molecule has 0 aliphatic carbocycles. The molecular weight excluding hydrogens is 374 g/mol. The third kappa shape index (κ3) is 3.79. The van der Waals surface area contributed by atoms with Crippen molar-refractivity contribution in [3.05, 3.63) is 74.7 Å². The number of phenolic OH excluding ortho intramolecular Hbond substituents is 1. The molecule has 7 nitrogen and oxygen atoms in total. The predicted molar refractivity (Wildman–Crippen MR) is 104 cm³/mol. The zero-order valence-electron chi connectivity index (χ0n) is 13.1. The topological polar surface area (TPSA) is 96.0 Å². The van der Waals surface area contributed by atoms with Crippen LogP contribution in [0.1, 0.15) is 11.1 Å². The van der Waals surface area contributed by atoms with E-state index in [-0.39, 0.29) is 21.3 Å². The van der Waals surface area contributed by atoms with Crippen molar-refractivity contribution in [2.45, 2.75) is 0 Å².